The Labute approximate surface area is 147 Å². The van der Waals surface area contributed by atoms with E-state index in [2.05, 4.69) is 38.0 Å². The van der Waals surface area contributed by atoms with Crippen LogP contribution in [0.2, 0.25) is 5.82 Å². The molecule has 1 aliphatic heterocycles. The third-order valence-corrected chi connectivity index (χ3v) is 5.32. The number of unbranched alkanes of at least 4 members (excludes halogenated alkanes) is 8. The van der Waals surface area contributed by atoms with Crippen LogP contribution in [-0.4, -0.2) is 50.4 Å². The molecule has 0 aromatic heterocycles. The Morgan fingerprint density at radius 3 is 1.65 bits per heavy atom. The van der Waals surface area contributed by atoms with Crippen LogP contribution in [0.4, 0.5) is 0 Å². The third kappa shape index (κ3) is 11.2. The molecule has 0 aromatic carbocycles. The van der Waals surface area contributed by atoms with Crippen molar-refractivity contribution in [3.8, 4) is 0 Å². The summed E-state index contributed by atoms with van der Waals surface area (Å²) in [6.07, 6.45) is 17.0. The highest BCUT2D eigenvalue weighted by Gasteiger charge is 2.19. The number of hydrogen-bond donors (Lipinski definition) is 0. The molecule has 0 aliphatic carbocycles. The van der Waals surface area contributed by atoms with Gasteiger partial charge in [0, 0.05) is 13.1 Å². The largest absolute Gasteiger partial charge is 0.344 e. The normalized spacial score (nSPS) is 17.0. The second-order valence-electron chi connectivity index (χ2n) is 7.65. The summed E-state index contributed by atoms with van der Waals surface area (Å²) < 4.78 is 0. The van der Waals surface area contributed by atoms with Crippen molar-refractivity contribution in [2.24, 2.45) is 0 Å². The van der Waals surface area contributed by atoms with Crippen molar-refractivity contribution in [1.82, 2.24) is 9.71 Å². The predicted octanol–water partition coefficient (Wildman–Crippen LogP) is 5.36. The second kappa shape index (κ2) is 14.3. The molecule has 1 saturated heterocycles. The molecule has 0 bridgehead atoms. The molecule has 1 rings (SSSR count). The zero-order chi connectivity index (χ0) is 16.8. The van der Waals surface area contributed by atoms with E-state index in [4.69, 9.17) is 0 Å². The van der Waals surface area contributed by atoms with Crippen molar-refractivity contribution in [3.05, 3.63) is 0 Å². The lowest BCUT2D eigenvalue weighted by Gasteiger charge is -2.34. The fraction of sp³-hybridized carbons (Fsp3) is 1.00. The monoisotopic (exact) mass is 321 g/mol. The van der Waals surface area contributed by atoms with Crippen LogP contribution >= 0.6 is 0 Å². The Morgan fingerprint density at radius 1 is 0.696 bits per heavy atom. The maximum Gasteiger partial charge on any atom is 0.211 e. The van der Waals surface area contributed by atoms with Gasteiger partial charge < -0.3 is 9.71 Å². The highest BCUT2D eigenvalue weighted by Crippen LogP contribution is 2.24. The van der Waals surface area contributed by atoms with E-state index in [1.807, 2.05) is 0 Å². The topological polar surface area (TPSA) is 6.48 Å². The summed E-state index contributed by atoms with van der Waals surface area (Å²) in [5, 5.41) is 0. The first kappa shape index (κ1) is 21.0. The highest BCUT2D eigenvalue weighted by molar-refractivity contribution is 6.34. The third-order valence-electron chi connectivity index (χ3n) is 5.32. The summed E-state index contributed by atoms with van der Waals surface area (Å²) >= 11 is 0. The first-order valence-corrected chi connectivity index (χ1v) is 10.5. The van der Waals surface area contributed by atoms with Gasteiger partial charge in [0.25, 0.3) is 0 Å². The van der Waals surface area contributed by atoms with Crippen LogP contribution in [0.25, 0.3) is 0 Å². The Bertz CT molecular complexity index is 238. The number of hydrogen-bond acceptors (Lipinski definition) is 2. The summed E-state index contributed by atoms with van der Waals surface area (Å²) in [6.45, 7) is 9.55. The fourth-order valence-electron chi connectivity index (χ4n) is 3.58. The lowest BCUT2D eigenvalue weighted by Crippen LogP contribution is -2.46. The highest BCUT2D eigenvalue weighted by atomic mass is 15.2. The molecule has 1 aliphatic rings. The van der Waals surface area contributed by atoms with Crippen LogP contribution in [0.5, 0.6) is 0 Å². The molecule has 0 N–H and O–H groups in total. The first-order chi connectivity index (χ1) is 11.3. The van der Waals surface area contributed by atoms with Crippen molar-refractivity contribution in [3.63, 3.8) is 0 Å². The molecule has 0 atom stereocenters. The lowest BCUT2D eigenvalue weighted by atomic mass is 9.68. The molecule has 0 amide bonds. The molecule has 0 spiro atoms. The fourth-order valence-corrected chi connectivity index (χ4v) is 3.58. The van der Waals surface area contributed by atoms with E-state index in [0.717, 1.165) is 5.82 Å². The molecular formula is C20H42BN2. The van der Waals surface area contributed by atoms with Gasteiger partial charge in [-0.1, -0.05) is 96.7 Å². The second-order valence-corrected chi connectivity index (χ2v) is 7.65. The lowest BCUT2D eigenvalue weighted by molar-refractivity contribution is 0.221. The Hall–Kier alpha value is -0.0151. The van der Waals surface area contributed by atoms with E-state index >= 15 is 0 Å². The van der Waals surface area contributed by atoms with Crippen LogP contribution in [0.1, 0.15) is 90.9 Å². The van der Waals surface area contributed by atoms with Crippen molar-refractivity contribution in [2.45, 2.75) is 96.7 Å². The van der Waals surface area contributed by atoms with Crippen molar-refractivity contribution in [1.29, 1.82) is 0 Å². The van der Waals surface area contributed by atoms with E-state index < -0.39 is 0 Å². The summed E-state index contributed by atoms with van der Waals surface area (Å²) in [4.78, 5) is 5.07. The minimum Gasteiger partial charge on any atom is -0.344 e. The maximum absolute atomic E-state index is 2.62. The van der Waals surface area contributed by atoms with Gasteiger partial charge >= 0.3 is 0 Å². The van der Waals surface area contributed by atoms with E-state index in [1.165, 1.54) is 103 Å². The molecule has 2 nitrogen and oxygen atoms in total. The summed E-state index contributed by atoms with van der Waals surface area (Å²) in [6, 6.07) is 0. The van der Waals surface area contributed by atoms with Gasteiger partial charge in [0.1, 0.15) is 0 Å². The van der Waals surface area contributed by atoms with Gasteiger partial charge in [0.15, 0.2) is 0 Å². The van der Waals surface area contributed by atoms with Crippen LogP contribution in [0.3, 0.4) is 0 Å². The zero-order valence-corrected chi connectivity index (χ0v) is 16.4. The summed E-state index contributed by atoms with van der Waals surface area (Å²) in [7, 11) is 4.86. The predicted molar refractivity (Wildman–Crippen MR) is 105 cm³/mol. The Morgan fingerprint density at radius 2 is 1.17 bits per heavy atom. The average Bonchev–Trinajstić information content (AvgIpc) is 2.56. The number of rotatable bonds is 14. The Balaban J connectivity index is 2.22. The van der Waals surface area contributed by atoms with Gasteiger partial charge in [-0.15, -0.1) is 0 Å². The molecule has 1 heterocycles. The van der Waals surface area contributed by atoms with Crippen molar-refractivity contribution in [2.75, 3.05) is 33.2 Å². The molecule has 1 fully saturated rings. The molecule has 0 aromatic rings. The maximum atomic E-state index is 2.62. The van der Waals surface area contributed by atoms with Crippen LogP contribution in [0, 0.1) is 0 Å². The zero-order valence-electron chi connectivity index (χ0n) is 16.4. The van der Waals surface area contributed by atoms with Gasteiger partial charge in [-0.3, -0.25) is 0 Å². The van der Waals surface area contributed by atoms with Crippen LogP contribution in [0.15, 0.2) is 0 Å². The number of nitrogens with zero attached hydrogens (tertiary/aromatic N) is 2. The van der Waals surface area contributed by atoms with Crippen LogP contribution < -0.4 is 0 Å². The summed E-state index contributed by atoms with van der Waals surface area (Å²) in [5.41, 5.74) is 0. The van der Waals surface area contributed by atoms with Gasteiger partial charge in [-0.25, -0.2) is 0 Å². The van der Waals surface area contributed by atoms with Gasteiger partial charge in [-0.05, 0) is 20.1 Å². The van der Waals surface area contributed by atoms with E-state index in [9.17, 15) is 0 Å². The molecule has 0 saturated carbocycles. The summed E-state index contributed by atoms with van der Waals surface area (Å²) in [5.74, 6) is 0.835. The minimum atomic E-state index is 0.835. The van der Waals surface area contributed by atoms with E-state index in [-0.39, 0.29) is 0 Å². The van der Waals surface area contributed by atoms with Crippen LogP contribution in [-0.2, 0) is 0 Å². The van der Waals surface area contributed by atoms with Crippen molar-refractivity contribution >= 4 is 7.41 Å². The molecule has 0 unspecified atom stereocenters. The average molecular weight is 321 g/mol. The van der Waals surface area contributed by atoms with Crippen molar-refractivity contribution < 1.29 is 0 Å². The first-order valence-electron chi connectivity index (χ1n) is 10.5. The Kier molecular flexibility index (Phi) is 13.1. The van der Waals surface area contributed by atoms with Gasteiger partial charge in [0.2, 0.25) is 7.41 Å². The van der Waals surface area contributed by atoms with E-state index in [0.29, 0.717) is 0 Å². The van der Waals surface area contributed by atoms with E-state index in [1.54, 1.807) is 0 Å². The number of likely N-dealkylation sites (N-methyl/N-ethyl adjacent to an activating group) is 1. The number of piperazine rings is 1. The molecule has 3 heteroatoms. The molecule has 23 heavy (non-hydrogen) atoms. The molecule has 1 radical (unpaired) electrons. The smallest absolute Gasteiger partial charge is 0.211 e. The quantitative estimate of drug-likeness (QED) is 0.314. The molecular weight excluding hydrogens is 279 g/mol. The van der Waals surface area contributed by atoms with Gasteiger partial charge in [-0.2, -0.15) is 0 Å². The minimum absolute atomic E-state index is 0.835. The SMILES string of the molecule is CCCCCCCC([B]N1CCN(C)CC1)CCCCCCC. The standard InChI is InChI=1S/C20H42BN2/c1-4-6-8-10-12-14-20(15-13-11-9-7-5-2)21-23-18-16-22(3)17-19-23/h20H,4-19H2,1-3H3. The van der Waals surface area contributed by atoms with Gasteiger partial charge in [0.05, 0.1) is 0 Å². The molecule has 135 valence electrons.